The predicted octanol–water partition coefficient (Wildman–Crippen LogP) is 7.82. The first-order chi connectivity index (χ1) is 11.7. The molecule has 0 aliphatic rings. The molecule has 0 N–H and O–H groups in total. The van der Waals surface area contributed by atoms with Gasteiger partial charge in [0, 0.05) is 0 Å². The summed E-state index contributed by atoms with van der Waals surface area (Å²) in [7, 11) is 0. The van der Waals surface area contributed by atoms with E-state index in [1.54, 1.807) is 5.56 Å². The highest BCUT2D eigenvalue weighted by molar-refractivity contribution is 5.71. The fraction of sp³-hybridized carbons (Fsp3) is 0.500. The second-order valence-electron chi connectivity index (χ2n) is 7.24. The zero-order valence-corrected chi connectivity index (χ0v) is 16.1. The first kappa shape index (κ1) is 18.8. The number of hydrogen-bond donors (Lipinski definition) is 0. The lowest BCUT2D eigenvalue weighted by Gasteiger charge is -2.21. The molecule has 0 aliphatic heterocycles. The Labute approximate surface area is 149 Å². The molecule has 1 atom stereocenters. The van der Waals surface area contributed by atoms with Crippen LogP contribution < -0.4 is 0 Å². The van der Waals surface area contributed by atoms with Crippen LogP contribution in [0.3, 0.4) is 0 Å². The van der Waals surface area contributed by atoms with Crippen molar-refractivity contribution in [3.8, 4) is 11.1 Å². The Morgan fingerprint density at radius 3 is 2.25 bits per heavy atom. The highest BCUT2D eigenvalue weighted by Crippen LogP contribution is 2.36. The van der Waals surface area contributed by atoms with Gasteiger partial charge in [0.1, 0.15) is 0 Å². The quantitative estimate of drug-likeness (QED) is 0.413. The molecular formula is C24H34. The van der Waals surface area contributed by atoms with E-state index in [1.165, 1.54) is 67.2 Å². The van der Waals surface area contributed by atoms with Gasteiger partial charge in [0.15, 0.2) is 0 Å². The van der Waals surface area contributed by atoms with Gasteiger partial charge in [-0.1, -0.05) is 94.0 Å². The van der Waals surface area contributed by atoms with Crippen molar-refractivity contribution in [2.45, 2.75) is 78.6 Å². The monoisotopic (exact) mass is 322 g/mol. The second-order valence-corrected chi connectivity index (χ2v) is 7.24. The van der Waals surface area contributed by atoms with Crippen LogP contribution in [0.4, 0.5) is 0 Å². The van der Waals surface area contributed by atoms with Crippen LogP contribution >= 0.6 is 0 Å². The fourth-order valence-electron chi connectivity index (χ4n) is 3.84. The highest BCUT2D eigenvalue weighted by atomic mass is 14.2. The molecule has 1 unspecified atom stereocenters. The summed E-state index contributed by atoms with van der Waals surface area (Å²) >= 11 is 0. The predicted molar refractivity (Wildman–Crippen MR) is 108 cm³/mol. The van der Waals surface area contributed by atoms with Gasteiger partial charge < -0.3 is 0 Å². The van der Waals surface area contributed by atoms with E-state index in [4.69, 9.17) is 0 Å². The van der Waals surface area contributed by atoms with E-state index < -0.39 is 0 Å². The van der Waals surface area contributed by atoms with Gasteiger partial charge in [-0.3, -0.25) is 0 Å². The summed E-state index contributed by atoms with van der Waals surface area (Å²) < 4.78 is 0. The largest absolute Gasteiger partial charge is 0.0654 e. The van der Waals surface area contributed by atoms with Crippen molar-refractivity contribution >= 4 is 0 Å². The Morgan fingerprint density at radius 1 is 0.750 bits per heavy atom. The normalized spacial score (nSPS) is 12.3. The summed E-state index contributed by atoms with van der Waals surface area (Å²) in [6, 6.07) is 16.0. The molecule has 0 aliphatic carbocycles. The van der Waals surface area contributed by atoms with E-state index in [1.807, 2.05) is 0 Å². The summed E-state index contributed by atoms with van der Waals surface area (Å²) in [4.78, 5) is 0. The van der Waals surface area contributed by atoms with Crippen molar-refractivity contribution in [1.29, 1.82) is 0 Å². The van der Waals surface area contributed by atoms with Crippen LogP contribution in [0.5, 0.6) is 0 Å². The SMILES string of the molecule is CCCCCCC(CCC)c1ccccc1-c1ccc(C)cc1C. The van der Waals surface area contributed by atoms with Gasteiger partial charge in [0.25, 0.3) is 0 Å². The number of rotatable bonds is 9. The van der Waals surface area contributed by atoms with Crippen molar-refractivity contribution in [2.24, 2.45) is 0 Å². The third kappa shape index (κ3) is 4.97. The number of unbranched alkanes of at least 4 members (excludes halogenated alkanes) is 3. The lowest BCUT2D eigenvalue weighted by molar-refractivity contribution is 0.522. The first-order valence-electron chi connectivity index (χ1n) is 9.83. The first-order valence-corrected chi connectivity index (χ1v) is 9.83. The van der Waals surface area contributed by atoms with Crippen molar-refractivity contribution in [2.75, 3.05) is 0 Å². The van der Waals surface area contributed by atoms with Gasteiger partial charge in [-0.25, -0.2) is 0 Å². The minimum absolute atomic E-state index is 0.698. The van der Waals surface area contributed by atoms with Gasteiger partial charge in [-0.05, 0) is 54.9 Å². The van der Waals surface area contributed by atoms with Crippen LogP contribution in [0, 0.1) is 13.8 Å². The van der Waals surface area contributed by atoms with Crippen LogP contribution in [0.25, 0.3) is 11.1 Å². The van der Waals surface area contributed by atoms with Gasteiger partial charge >= 0.3 is 0 Å². The molecule has 0 fully saturated rings. The molecule has 0 spiro atoms. The Morgan fingerprint density at radius 2 is 1.54 bits per heavy atom. The van der Waals surface area contributed by atoms with E-state index in [0.717, 1.165) is 0 Å². The second kappa shape index (κ2) is 9.67. The Hall–Kier alpha value is -1.56. The number of aryl methyl sites for hydroxylation is 2. The number of benzene rings is 2. The summed E-state index contributed by atoms with van der Waals surface area (Å²) in [5.74, 6) is 0.698. The standard InChI is InChI=1S/C24H34/c1-5-7-8-9-13-21(12-6-2)23-14-10-11-15-24(23)22-17-16-19(3)18-20(22)4/h10-11,14-18,21H,5-9,12-13H2,1-4H3. The molecule has 2 aromatic carbocycles. The van der Waals surface area contributed by atoms with Gasteiger partial charge in [0.05, 0.1) is 0 Å². The zero-order valence-electron chi connectivity index (χ0n) is 16.1. The van der Waals surface area contributed by atoms with Crippen LogP contribution in [-0.2, 0) is 0 Å². The minimum atomic E-state index is 0.698. The van der Waals surface area contributed by atoms with Gasteiger partial charge in [-0.15, -0.1) is 0 Å². The van der Waals surface area contributed by atoms with E-state index in [-0.39, 0.29) is 0 Å². The molecule has 24 heavy (non-hydrogen) atoms. The lowest BCUT2D eigenvalue weighted by Crippen LogP contribution is -2.02. The Kier molecular flexibility index (Phi) is 7.56. The van der Waals surface area contributed by atoms with E-state index in [2.05, 4.69) is 70.2 Å². The molecule has 2 rings (SSSR count). The van der Waals surface area contributed by atoms with Crippen LogP contribution in [0.2, 0.25) is 0 Å². The average Bonchev–Trinajstić information content (AvgIpc) is 2.58. The summed E-state index contributed by atoms with van der Waals surface area (Å²) in [6.45, 7) is 9.03. The molecule has 0 bridgehead atoms. The third-order valence-electron chi connectivity index (χ3n) is 5.12. The van der Waals surface area contributed by atoms with Crippen molar-refractivity contribution in [1.82, 2.24) is 0 Å². The van der Waals surface area contributed by atoms with Crippen molar-refractivity contribution < 1.29 is 0 Å². The average molecular weight is 323 g/mol. The van der Waals surface area contributed by atoms with Crippen LogP contribution in [0.15, 0.2) is 42.5 Å². The van der Waals surface area contributed by atoms with Gasteiger partial charge in [0.2, 0.25) is 0 Å². The molecule has 0 heteroatoms. The maximum absolute atomic E-state index is 2.37. The molecule has 0 nitrogen and oxygen atoms in total. The molecule has 2 aromatic rings. The summed E-state index contributed by atoms with van der Waals surface area (Å²) in [6.07, 6.45) is 9.32. The molecular weight excluding hydrogens is 288 g/mol. The summed E-state index contributed by atoms with van der Waals surface area (Å²) in [5.41, 5.74) is 7.15. The van der Waals surface area contributed by atoms with Crippen LogP contribution in [0.1, 0.15) is 81.4 Å². The molecule has 130 valence electrons. The third-order valence-corrected chi connectivity index (χ3v) is 5.12. The van der Waals surface area contributed by atoms with Crippen molar-refractivity contribution in [3.63, 3.8) is 0 Å². The Bertz CT molecular complexity index is 624. The summed E-state index contributed by atoms with van der Waals surface area (Å²) in [5, 5.41) is 0. The maximum atomic E-state index is 2.37. The fourth-order valence-corrected chi connectivity index (χ4v) is 3.84. The van der Waals surface area contributed by atoms with E-state index in [0.29, 0.717) is 5.92 Å². The molecule has 0 saturated carbocycles. The lowest BCUT2D eigenvalue weighted by atomic mass is 9.83. The van der Waals surface area contributed by atoms with Gasteiger partial charge in [-0.2, -0.15) is 0 Å². The smallest absolute Gasteiger partial charge is 0.0146 e. The maximum Gasteiger partial charge on any atom is -0.0146 e. The van der Waals surface area contributed by atoms with Crippen LogP contribution in [-0.4, -0.2) is 0 Å². The van der Waals surface area contributed by atoms with E-state index >= 15 is 0 Å². The Balaban J connectivity index is 2.30. The highest BCUT2D eigenvalue weighted by Gasteiger charge is 2.16. The molecule has 0 saturated heterocycles. The number of hydrogen-bond acceptors (Lipinski definition) is 0. The molecule has 0 heterocycles. The topological polar surface area (TPSA) is 0 Å². The zero-order chi connectivity index (χ0) is 17.4. The van der Waals surface area contributed by atoms with E-state index in [9.17, 15) is 0 Å². The molecule has 0 amide bonds. The minimum Gasteiger partial charge on any atom is -0.0654 e. The van der Waals surface area contributed by atoms with Crippen molar-refractivity contribution in [3.05, 3.63) is 59.2 Å². The molecule has 0 radical (unpaired) electrons. The molecule has 0 aromatic heterocycles.